The van der Waals surface area contributed by atoms with E-state index in [9.17, 15) is 9.59 Å². The van der Waals surface area contributed by atoms with Crippen molar-refractivity contribution in [1.82, 2.24) is 9.72 Å². The van der Waals surface area contributed by atoms with Crippen molar-refractivity contribution in [2.75, 3.05) is 18.6 Å². The average molecular weight is 515 g/mol. The standard InChI is InChI=1S/C27H28N2O5S.Na/c1-18-13-24(32-11-12-35-3)14-19(2)25(18)22-6-4-5-21(15-22)17-33-23-9-7-20(8-10-23)16-29-26(30)28-27(31)34-29;/h4-10,13-15H,11-12,16-17H2,1-3H3,(H,28,30,31);/q;+1/p-1. The van der Waals surface area contributed by atoms with Crippen LogP contribution < -0.4 is 55.5 Å². The SMILES string of the molecule is CSCCOc1cc(C)c(-c2cccc(COc3ccc(Cn4oc(=O)[n-]c4=O)cc3)c2)c(C)c1.[Na+]. The zero-order valence-corrected chi connectivity index (χ0v) is 23.8. The third kappa shape index (κ3) is 7.20. The van der Waals surface area contributed by atoms with Gasteiger partial charge in [0.2, 0.25) is 0 Å². The van der Waals surface area contributed by atoms with Crippen LogP contribution in [-0.4, -0.2) is 23.4 Å². The quantitative estimate of drug-likeness (QED) is 0.234. The van der Waals surface area contributed by atoms with Crippen LogP contribution in [0.5, 0.6) is 11.5 Å². The molecule has 7 nitrogen and oxygen atoms in total. The van der Waals surface area contributed by atoms with Crippen molar-refractivity contribution in [3.8, 4) is 22.6 Å². The molecule has 0 spiro atoms. The van der Waals surface area contributed by atoms with Gasteiger partial charge in [-0.2, -0.15) is 11.8 Å². The van der Waals surface area contributed by atoms with E-state index in [-0.39, 0.29) is 36.1 Å². The Labute approximate surface area is 236 Å². The van der Waals surface area contributed by atoms with Crippen molar-refractivity contribution < 1.29 is 43.6 Å². The molecular weight excluding hydrogens is 487 g/mol. The second-order valence-corrected chi connectivity index (χ2v) is 9.18. The van der Waals surface area contributed by atoms with Gasteiger partial charge in [0.25, 0.3) is 0 Å². The Morgan fingerprint density at radius 2 is 1.64 bits per heavy atom. The Morgan fingerprint density at radius 1 is 0.917 bits per heavy atom. The molecule has 0 fully saturated rings. The second-order valence-electron chi connectivity index (χ2n) is 8.19. The maximum atomic E-state index is 11.5. The van der Waals surface area contributed by atoms with Gasteiger partial charge in [0.1, 0.15) is 18.1 Å². The minimum atomic E-state index is -0.891. The first-order valence-electron chi connectivity index (χ1n) is 11.2. The van der Waals surface area contributed by atoms with E-state index in [0.29, 0.717) is 19.0 Å². The van der Waals surface area contributed by atoms with Gasteiger partial charge in [-0.3, -0.25) is 9.53 Å². The van der Waals surface area contributed by atoms with Crippen molar-refractivity contribution >= 4 is 11.8 Å². The van der Waals surface area contributed by atoms with E-state index in [2.05, 4.69) is 49.4 Å². The van der Waals surface area contributed by atoms with Crippen LogP contribution in [0.2, 0.25) is 0 Å². The third-order valence-electron chi connectivity index (χ3n) is 5.52. The van der Waals surface area contributed by atoms with Crippen LogP contribution in [0.15, 0.2) is 74.8 Å². The van der Waals surface area contributed by atoms with Crippen molar-refractivity contribution in [2.24, 2.45) is 0 Å². The number of ether oxygens (including phenoxy) is 2. The van der Waals surface area contributed by atoms with E-state index in [1.807, 2.05) is 36.4 Å². The first-order chi connectivity index (χ1) is 16.9. The number of benzene rings is 3. The number of nitrogens with zero attached hydrogens (tertiary/aromatic N) is 2. The van der Waals surface area contributed by atoms with Gasteiger partial charge in [0.15, 0.2) is 5.69 Å². The van der Waals surface area contributed by atoms with Crippen LogP contribution in [0.4, 0.5) is 0 Å². The van der Waals surface area contributed by atoms with E-state index >= 15 is 0 Å². The summed E-state index contributed by atoms with van der Waals surface area (Å²) in [5.74, 6) is 1.68. The molecule has 0 aliphatic heterocycles. The summed E-state index contributed by atoms with van der Waals surface area (Å²) in [5, 5.41) is 0. The van der Waals surface area contributed by atoms with Gasteiger partial charge in [-0.25, -0.2) is 4.79 Å². The summed E-state index contributed by atoms with van der Waals surface area (Å²) in [6.45, 7) is 5.48. The van der Waals surface area contributed by atoms with Crippen molar-refractivity contribution in [2.45, 2.75) is 27.0 Å². The van der Waals surface area contributed by atoms with Crippen LogP contribution in [-0.2, 0) is 13.2 Å². The number of thioether (sulfide) groups is 1. The van der Waals surface area contributed by atoms with E-state index in [0.717, 1.165) is 32.9 Å². The predicted molar refractivity (Wildman–Crippen MR) is 138 cm³/mol. The predicted octanol–water partition coefficient (Wildman–Crippen LogP) is 1.42. The molecule has 0 saturated heterocycles. The molecule has 4 aromatic rings. The molecule has 0 bridgehead atoms. The van der Waals surface area contributed by atoms with Gasteiger partial charge in [-0.15, -0.1) is 0 Å². The second kappa shape index (κ2) is 13.1. The largest absolute Gasteiger partial charge is 1.00 e. The molecule has 4 rings (SSSR count). The van der Waals surface area contributed by atoms with E-state index in [1.165, 1.54) is 16.7 Å². The molecule has 1 aromatic heterocycles. The van der Waals surface area contributed by atoms with Crippen LogP contribution in [0.3, 0.4) is 0 Å². The zero-order chi connectivity index (χ0) is 24.8. The average Bonchev–Trinajstić information content (AvgIpc) is 3.15. The summed E-state index contributed by atoms with van der Waals surface area (Å²) < 4.78 is 17.5. The Bertz CT molecular complexity index is 1390. The molecule has 3 aromatic carbocycles. The Balaban J connectivity index is 0.00000361. The molecule has 0 aliphatic carbocycles. The summed E-state index contributed by atoms with van der Waals surface area (Å²) in [6, 6.07) is 19.8. The first-order valence-corrected chi connectivity index (χ1v) is 12.6. The smallest absolute Gasteiger partial charge is 0.493 e. The Kier molecular flexibility index (Phi) is 10.1. The monoisotopic (exact) mass is 514 g/mol. The molecule has 0 aliphatic rings. The fourth-order valence-electron chi connectivity index (χ4n) is 3.93. The summed E-state index contributed by atoms with van der Waals surface area (Å²) in [5.41, 5.74) is 5.85. The molecule has 0 saturated carbocycles. The molecule has 0 atom stereocenters. The van der Waals surface area contributed by atoms with Crippen LogP contribution in [0.25, 0.3) is 11.1 Å². The minimum Gasteiger partial charge on any atom is -0.493 e. The third-order valence-corrected chi connectivity index (χ3v) is 6.10. The molecule has 0 radical (unpaired) electrons. The number of rotatable bonds is 10. The van der Waals surface area contributed by atoms with E-state index < -0.39 is 11.4 Å². The van der Waals surface area contributed by atoms with Gasteiger partial charge in [-0.1, -0.05) is 30.3 Å². The molecule has 9 heteroatoms. The molecular formula is C27H27N2NaO5S. The summed E-state index contributed by atoms with van der Waals surface area (Å²) in [4.78, 5) is 25.8. The fraction of sp³-hybridized carbons (Fsp3) is 0.259. The van der Waals surface area contributed by atoms with Crippen LogP contribution >= 0.6 is 11.8 Å². The van der Waals surface area contributed by atoms with Crippen molar-refractivity contribution in [3.05, 3.63) is 104 Å². The van der Waals surface area contributed by atoms with Gasteiger partial charge in [0, 0.05) is 12.3 Å². The van der Waals surface area contributed by atoms with Gasteiger partial charge < -0.3 is 19.0 Å². The number of aromatic nitrogens is 2. The summed E-state index contributed by atoms with van der Waals surface area (Å²) in [6.07, 6.45) is 2.07. The number of hydrogen-bond donors (Lipinski definition) is 0. The maximum absolute atomic E-state index is 11.5. The van der Waals surface area contributed by atoms with Crippen molar-refractivity contribution in [1.29, 1.82) is 0 Å². The first kappa shape index (κ1) is 27.9. The molecule has 1 heterocycles. The summed E-state index contributed by atoms with van der Waals surface area (Å²) in [7, 11) is 0. The minimum absolute atomic E-state index is 0. The Hall–Kier alpha value is -2.65. The molecule has 182 valence electrons. The van der Waals surface area contributed by atoms with Gasteiger partial charge in [-0.05, 0) is 83.8 Å². The molecule has 0 N–H and O–H groups in total. The normalized spacial score (nSPS) is 10.6. The maximum Gasteiger partial charge on any atom is 1.00 e. The molecule has 0 unspecified atom stereocenters. The van der Waals surface area contributed by atoms with E-state index in [1.54, 1.807) is 11.8 Å². The van der Waals surface area contributed by atoms with Gasteiger partial charge >= 0.3 is 35.3 Å². The van der Waals surface area contributed by atoms with Gasteiger partial charge in [0.05, 0.1) is 6.61 Å². The van der Waals surface area contributed by atoms with Crippen molar-refractivity contribution in [3.63, 3.8) is 0 Å². The topological polar surface area (TPSA) is 84.8 Å². The zero-order valence-electron chi connectivity index (χ0n) is 20.9. The fourth-order valence-corrected chi connectivity index (χ4v) is 4.18. The number of hydrogen-bond acceptors (Lipinski definition) is 6. The Morgan fingerprint density at radius 3 is 2.28 bits per heavy atom. The molecule has 36 heavy (non-hydrogen) atoms. The summed E-state index contributed by atoms with van der Waals surface area (Å²) >= 11 is 1.77. The number of aryl methyl sites for hydroxylation is 2. The van der Waals surface area contributed by atoms with E-state index in [4.69, 9.17) is 14.0 Å². The van der Waals surface area contributed by atoms with Crippen LogP contribution in [0.1, 0.15) is 22.3 Å². The van der Waals surface area contributed by atoms with Crippen LogP contribution in [0, 0.1) is 13.8 Å². The molecule has 0 amide bonds.